The summed E-state index contributed by atoms with van der Waals surface area (Å²) in [5.41, 5.74) is 4.66. The van der Waals surface area contributed by atoms with Crippen LogP contribution in [0.1, 0.15) is 50.8 Å². The minimum absolute atomic E-state index is 0.117. The molecule has 1 rings (SSSR count). The molecule has 25 heavy (non-hydrogen) atoms. The van der Waals surface area contributed by atoms with Gasteiger partial charge in [-0.05, 0) is 35.4 Å². The number of benzene rings is 1. The molecule has 0 aromatic heterocycles. The van der Waals surface area contributed by atoms with Crippen LogP contribution in [0.25, 0.3) is 0 Å². The Labute approximate surface area is 154 Å². The first kappa shape index (κ1) is 20.7. The van der Waals surface area contributed by atoms with E-state index >= 15 is 0 Å². The van der Waals surface area contributed by atoms with Crippen molar-refractivity contribution in [3.05, 3.63) is 41.1 Å². The third kappa shape index (κ3) is 5.91. The number of ether oxygens (including phenoxy) is 1. The largest absolute Gasteiger partial charge is 0.487 e. The quantitative estimate of drug-likeness (QED) is 0.637. The van der Waals surface area contributed by atoms with Gasteiger partial charge >= 0.3 is 0 Å². The monoisotopic (exact) mass is 337 g/mol. The smallest absolute Gasteiger partial charge is 0.127 e. The molecule has 0 aliphatic carbocycles. The van der Waals surface area contributed by atoms with Gasteiger partial charge in [-0.25, -0.2) is 0 Å². The van der Waals surface area contributed by atoms with Gasteiger partial charge in [0, 0.05) is 5.70 Å². The van der Waals surface area contributed by atoms with Crippen molar-refractivity contribution in [3.63, 3.8) is 0 Å². The lowest BCUT2D eigenvalue weighted by molar-refractivity contribution is 0.291. The van der Waals surface area contributed by atoms with E-state index in [0.29, 0.717) is 19.7 Å². The van der Waals surface area contributed by atoms with E-state index in [1.165, 1.54) is 11.1 Å². The third-order valence-electron chi connectivity index (χ3n) is 4.13. The Kier molecular flexibility index (Phi) is 7.66. The fourth-order valence-electron chi connectivity index (χ4n) is 2.69. The Morgan fingerprint density at radius 2 is 1.80 bits per heavy atom. The van der Waals surface area contributed by atoms with Crippen LogP contribution in [0.4, 0.5) is 0 Å². The van der Waals surface area contributed by atoms with E-state index in [0.717, 1.165) is 29.9 Å². The first-order valence-corrected chi connectivity index (χ1v) is 8.81. The Balaban J connectivity index is 3.03. The normalized spacial score (nSPS) is 10.7. The summed E-state index contributed by atoms with van der Waals surface area (Å²) >= 11 is 0. The van der Waals surface area contributed by atoms with Crippen LogP contribution in [0.5, 0.6) is 5.75 Å². The van der Waals surface area contributed by atoms with E-state index in [2.05, 4.69) is 65.2 Å². The van der Waals surface area contributed by atoms with E-state index in [-0.39, 0.29) is 5.41 Å². The van der Waals surface area contributed by atoms with E-state index in [1.54, 1.807) is 0 Å². The Morgan fingerprint density at radius 3 is 2.28 bits per heavy atom. The number of rotatable bonds is 8. The second-order valence-electron chi connectivity index (χ2n) is 7.40. The van der Waals surface area contributed by atoms with Gasteiger partial charge in [0.1, 0.15) is 12.4 Å². The maximum Gasteiger partial charge on any atom is 0.127 e. The first-order valence-electron chi connectivity index (χ1n) is 8.81. The van der Waals surface area contributed by atoms with Gasteiger partial charge in [0.2, 0.25) is 0 Å². The molecule has 0 atom stereocenters. The van der Waals surface area contributed by atoms with Gasteiger partial charge in [0.25, 0.3) is 0 Å². The van der Waals surface area contributed by atoms with Gasteiger partial charge in [-0.3, -0.25) is 0 Å². The Bertz CT molecular complexity index is 664. The van der Waals surface area contributed by atoms with Gasteiger partial charge in [-0.2, -0.15) is 0 Å². The fourth-order valence-corrected chi connectivity index (χ4v) is 2.69. The molecule has 0 saturated carbocycles. The van der Waals surface area contributed by atoms with Crippen LogP contribution in [0.2, 0.25) is 0 Å². The molecule has 0 fully saturated rings. The number of terminal acetylenes is 2. The van der Waals surface area contributed by atoms with Crippen LogP contribution in [0.3, 0.4) is 0 Å². The highest BCUT2D eigenvalue weighted by molar-refractivity contribution is 5.46. The van der Waals surface area contributed by atoms with Gasteiger partial charge < -0.3 is 9.64 Å². The average molecular weight is 338 g/mol. The van der Waals surface area contributed by atoms with Crippen molar-refractivity contribution in [2.45, 2.75) is 52.9 Å². The third-order valence-corrected chi connectivity index (χ3v) is 4.13. The molecule has 0 bridgehead atoms. The van der Waals surface area contributed by atoms with Crippen molar-refractivity contribution in [1.29, 1.82) is 0 Å². The number of hydrogen-bond donors (Lipinski definition) is 0. The second-order valence-corrected chi connectivity index (χ2v) is 7.40. The molecule has 0 aliphatic rings. The van der Waals surface area contributed by atoms with Crippen molar-refractivity contribution >= 4 is 0 Å². The summed E-state index contributed by atoms with van der Waals surface area (Å²) in [6.45, 7) is 16.3. The lowest BCUT2D eigenvalue weighted by atomic mass is 9.84. The van der Waals surface area contributed by atoms with Crippen molar-refractivity contribution in [2.24, 2.45) is 0 Å². The van der Waals surface area contributed by atoms with Gasteiger partial charge in [0.05, 0.1) is 13.1 Å². The molecule has 0 aliphatic heterocycles. The molecule has 134 valence electrons. The molecule has 0 spiro atoms. The SMILES string of the molecule is C#CCN(CC#C)C(=C)COc1c(C)cc(C(C)(C)C)cc1CCC. The Hall–Kier alpha value is -2.32. The van der Waals surface area contributed by atoms with Crippen LogP contribution in [0, 0.1) is 31.6 Å². The van der Waals surface area contributed by atoms with Gasteiger partial charge in [0.15, 0.2) is 0 Å². The molecule has 0 radical (unpaired) electrons. The van der Waals surface area contributed by atoms with Crippen LogP contribution >= 0.6 is 0 Å². The zero-order valence-electron chi connectivity index (χ0n) is 16.4. The van der Waals surface area contributed by atoms with Crippen LogP contribution < -0.4 is 4.74 Å². The van der Waals surface area contributed by atoms with Crippen molar-refractivity contribution in [2.75, 3.05) is 19.7 Å². The standard InChI is InChI=1S/C23H31NO/c1-9-12-20-16-21(23(6,7)8)15-18(4)22(20)25-17-19(5)24(13-10-2)14-11-3/h2-3,15-16H,5,9,12-14,17H2,1,4,6-8H3. The van der Waals surface area contributed by atoms with Gasteiger partial charge in [-0.15, -0.1) is 12.8 Å². The highest BCUT2D eigenvalue weighted by atomic mass is 16.5. The Morgan fingerprint density at radius 1 is 1.20 bits per heavy atom. The minimum Gasteiger partial charge on any atom is -0.487 e. The number of nitrogens with zero attached hydrogens (tertiary/aromatic N) is 1. The number of aryl methyl sites for hydroxylation is 2. The lowest BCUT2D eigenvalue weighted by Crippen LogP contribution is -2.27. The molecule has 0 saturated heterocycles. The minimum atomic E-state index is 0.117. The summed E-state index contributed by atoms with van der Waals surface area (Å²) in [6.07, 6.45) is 12.9. The average Bonchev–Trinajstić information content (AvgIpc) is 2.52. The zero-order valence-corrected chi connectivity index (χ0v) is 16.4. The van der Waals surface area contributed by atoms with E-state index in [9.17, 15) is 0 Å². The maximum atomic E-state index is 6.15. The summed E-state index contributed by atoms with van der Waals surface area (Å²) < 4.78 is 6.15. The first-order chi connectivity index (χ1) is 11.7. The van der Waals surface area contributed by atoms with Crippen molar-refractivity contribution < 1.29 is 4.74 Å². The molecular formula is C23H31NO. The second kappa shape index (κ2) is 9.24. The molecule has 0 N–H and O–H groups in total. The van der Waals surface area contributed by atoms with Crippen LogP contribution in [-0.2, 0) is 11.8 Å². The predicted molar refractivity (Wildman–Crippen MR) is 108 cm³/mol. The van der Waals surface area contributed by atoms with Crippen molar-refractivity contribution in [3.8, 4) is 30.4 Å². The highest BCUT2D eigenvalue weighted by Gasteiger charge is 2.18. The summed E-state index contributed by atoms with van der Waals surface area (Å²) in [7, 11) is 0. The molecule has 0 unspecified atom stereocenters. The van der Waals surface area contributed by atoms with E-state index in [4.69, 9.17) is 17.6 Å². The van der Waals surface area contributed by atoms with Crippen LogP contribution in [0.15, 0.2) is 24.4 Å². The van der Waals surface area contributed by atoms with E-state index < -0.39 is 0 Å². The summed E-state index contributed by atoms with van der Waals surface area (Å²) in [4.78, 5) is 1.89. The molecule has 1 aromatic rings. The molecule has 2 heteroatoms. The molecule has 0 heterocycles. The molecule has 2 nitrogen and oxygen atoms in total. The number of hydrogen-bond acceptors (Lipinski definition) is 2. The molecule has 0 amide bonds. The van der Waals surface area contributed by atoms with Crippen LogP contribution in [-0.4, -0.2) is 24.6 Å². The predicted octanol–water partition coefficient (Wildman–Crippen LogP) is 4.71. The summed E-state index contributed by atoms with van der Waals surface area (Å²) in [5, 5.41) is 0. The van der Waals surface area contributed by atoms with E-state index in [1.807, 2.05) is 4.90 Å². The fraction of sp³-hybridized carbons (Fsp3) is 0.478. The topological polar surface area (TPSA) is 12.5 Å². The lowest BCUT2D eigenvalue weighted by Gasteiger charge is -2.25. The zero-order chi connectivity index (χ0) is 19.0. The van der Waals surface area contributed by atoms with Crippen molar-refractivity contribution in [1.82, 2.24) is 4.90 Å². The maximum absolute atomic E-state index is 6.15. The summed E-state index contributed by atoms with van der Waals surface area (Å²) in [6, 6.07) is 4.49. The summed E-state index contributed by atoms with van der Waals surface area (Å²) in [5.74, 6) is 6.18. The highest BCUT2D eigenvalue weighted by Crippen LogP contribution is 2.32. The molecular weight excluding hydrogens is 306 g/mol. The molecule has 1 aromatic carbocycles. The van der Waals surface area contributed by atoms with Gasteiger partial charge in [-0.1, -0.05) is 64.7 Å².